The van der Waals surface area contributed by atoms with Crippen LogP contribution in [0.1, 0.15) is 31.2 Å². The maximum Gasteiger partial charge on any atom is 0.225 e. The molecule has 1 heterocycles. The average molecular weight is 370 g/mol. The molecule has 0 bridgehead atoms. The minimum atomic E-state index is -0.592. The Morgan fingerprint density at radius 1 is 1.04 bits per heavy atom. The maximum absolute atomic E-state index is 13.5. The second-order valence-corrected chi connectivity index (χ2v) is 7.74. The van der Waals surface area contributed by atoms with Crippen LogP contribution in [0.5, 0.6) is 0 Å². The number of carbonyl (C=O) groups is 1. The molecule has 142 valence electrons. The van der Waals surface area contributed by atoms with Crippen LogP contribution < -0.4 is 5.73 Å². The summed E-state index contributed by atoms with van der Waals surface area (Å²) in [4.78, 5) is 14.7. The van der Waals surface area contributed by atoms with Crippen LogP contribution in [0.2, 0.25) is 0 Å². The SMILES string of the molecule is NC1CCN(C(=O)C2CCC2)C1Cc1cccc(-c2cc(F)cc(F)c2)c1. The van der Waals surface area contributed by atoms with Crippen LogP contribution >= 0.6 is 0 Å². The molecule has 27 heavy (non-hydrogen) atoms. The van der Waals surface area contributed by atoms with Crippen molar-refractivity contribution in [2.24, 2.45) is 11.7 Å². The summed E-state index contributed by atoms with van der Waals surface area (Å²) in [5, 5.41) is 0. The zero-order valence-electron chi connectivity index (χ0n) is 15.2. The first-order valence-electron chi connectivity index (χ1n) is 9.63. The van der Waals surface area contributed by atoms with E-state index in [4.69, 9.17) is 5.73 Å². The highest BCUT2D eigenvalue weighted by atomic mass is 19.1. The fourth-order valence-corrected chi connectivity index (χ4v) is 4.14. The second-order valence-electron chi connectivity index (χ2n) is 7.74. The molecule has 2 aliphatic rings. The van der Waals surface area contributed by atoms with Gasteiger partial charge < -0.3 is 10.6 Å². The lowest BCUT2D eigenvalue weighted by molar-refractivity contribution is -0.139. The lowest BCUT2D eigenvalue weighted by atomic mass is 9.84. The van der Waals surface area contributed by atoms with Gasteiger partial charge in [-0.1, -0.05) is 30.7 Å². The number of nitrogens with two attached hydrogens (primary N) is 1. The molecule has 1 amide bonds. The van der Waals surface area contributed by atoms with Crippen molar-refractivity contribution in [2.75, 3.05) is 6.54 Å². The van der Waals surface area contributed by atoms with Crippen LogP contribution in [-0.2, 0) is 11.2 Å². The van der Waals surface area contributed by atoms with E-state index in [1.165, 1.54) is 12.1 Å². The highest BCUT2D eigenvalue weighted by Gasteiger charge is 2.39. The van der Waals surface area contributed by atoms with Gasteiger partial charge in [-0.3, -0.25) is 4.79 Å². The van der Waals surface area contributed by atoms with Gasteiger partial charge in [0.15, 0.2) is 0 Å². The molecule has 1 saturated heterocycles. The van der Waals surface area contributed by atoms with Gasteiger partial charge in [-0.25, -0.2) is 8.78 Å². The lowest BCUT2D eigenvalue weighted by Gasteiger charge is -2.33. The molecule has 0 radical (unpaired) electrons. The van der Waals surface area contributed by atoms with Gasteiger partial charge in [-0.05, 0) is 54.5 Å². The first kappa shape index (κ1) is 18.1. The van der Waals surface area contributed by atoms with Gasteiger partial charge in [-0.15, -0.1) is 0 Å². The number of halogens is 2. The highest BCUT2D eigenvalue weighted by Crippen LogP contribution is 2.32. The summed E-state index contributed by atoms with van der Waals surface area (Å²) in [6, 6.07) is 11.1. The topological polar surface area (TPSA) is 46.3 Å². The van der Waals surface area contributed by atoms with Gasteiger partial charge in [0.25, 0.3) is 0 Å². The Morgan fingerprint density at radius 3 is 2.44 bits per heavy atom. The van der Waals surface area contributed by atoms with Crippen molar-refractivity contribution >= 4 is 5.91 Å². The van der Waals surface area contributed by atoms with Crippen LogP contribution in [0.4, 0.5) is 8.78 Å². The molecule has 1 saturated carbocycles. The quantitative estimate of drug-likeness (QED) is 0.887. The van der Waals surface area contributed by atoms with Crippen LogP contribution in [-0.4, -0.2) is 29.4 Å². The molecular weight excluding hydrogens is 346 g/mol. The number of hydrogen-bond acceptors (Lipinski definition) is 2. The summed E-state index contributed by atoms with van der Waals surface area (Å²) in [6.07, 6.45) is 4.58. The maximum atomic E-state index is 13.5. The molecular formula is C22H24F2N2O. The monoisotopic (exact) mass is 370 g/mol. The molecule has 2 N–H and O–H groups in total. The number of benzene rings is 2. The van der Waals surface area contributed by atoms with E-state index in [0.717, 1.165) is 49.4 Å². The Balaban J connectivity index is 1.55. The Morgan fingerprint density at radius 2 is 1.78 bits per heavy atom. The van der Waals surface area contributed by atoms with Gasteiger partial charge >= 0.3 is 0 Å². The van der Waals surface area contributed by atoms with E-state index < -0.39 is 11.6 Å². The van der Waals surface area contributed by atoms with Gasteiger partial charge in [0, 0.05) is 24.6 Å². The van der Waals surface area contributed by atoms with E-state index in [0.29, 0.717) is 12.0 Å². The fraction of sp³-hybridized carbons (Fsp3) is 0.409. The third-order valence-electron chi connectivity index (χ3n) is 5.90. The van der Waals surface area contributed by atoms with Gasteiger partial charge in [0.2, 0.25) is 5.91 Å². The molecule has 2 aromatic rings. The molecule has 5 heteroatoms. The molecule has 1 aliphatic carbocycles. The Hall–Kier alpha value is -2.27. The molecule has 3 nitrogen and oxygen atoms in total. The minimum absolute atomic E-state index is 0.0161. The fourth-order valence-electron chi connectivity index (χ4n) is 4.14. The van der Waals surface area contributed by atoms with Crippen LogP contribution in [0.3, 0.4) is 0 Å². The zero-order valence-corrected chi connectivity index (χ0v) is 15.2. The highest BCUT2D eigenvalue weighted by molar-refractivity contribution is 5.80. The van der Waals surface area contributed by atoms with Crippen molar-refractivity contribution in [3.8, 4) is 11.1 Å². The van der Waals surface area contributed by atoms with Crippen molar-refractivity contribution in [3.05, 3.63) is 59.7 Å². The third kappa shape index (κ3) is 3.74. The van der Waals surface area contributed by atoms with Gasteiger partial charge in [-0.2, -0.15) is 0 Å². The number of amides is 1. The molecule has 0 aromatic heterocycles. The number of hydrogen-bond donors (Lipinski definition) is 1. The number of likely N-dealkylation sites (tertiary alicyclic amines) is 1. The Labute approximate surface area is 158 Å². The Kier molecular flexibility index (Phi) is 4.96. The summed E-state index contributed by atoms with van der Waals surface area (Å²) in [5.41, 5.74) is 8.60. The first-order valence-corrected chi connectivity index (χ1v) is 9.63. The Bertz CT molecular complexity index is 830. The van der Waals surface area contributed by atoms with Crippen LogP contribution in [0.15, 0.2) is 42.5 Å². The second kappa shape index (κ2) is 7.39. The van der Waals surface area contributed by atoms with E-state index in [2.05, 4.69) is 0 Å². The van der Waals surface area contributed by atoms with E-state index in [-0.39, 0.29) is 23.9 Å². The molecule has 0 spiro atoms. The van der Waals surface area contributed by atoms with Crippen molar-refractivity contribution in [3.63, 3.8) is 0 Å². The van der Waals surface area contributed by atoms with Crippen molar-refractivity contribution in [1.29, 1.82) is 0 Å². The van der Waals surface area contributed by atoms with Crippen molar-refractivity contribution in [2.45, 2.75) is 44.2 Å². The van der Waals surface area contributed by atoms with Gasteiger partial charge in [0.1, 0.15) is 11.6 Å². The molecule has 2 atom stereocenters. The largest absolute Gasteiger partial charge is 0.338 e. The summed E-state index contributed by atoms with van der Waals surface area (Å²) in [6.45, 7) is 0.718. The van der Waals surface area contributed by atoms with E-state index in [1.54, 1.807) is 0 Å². The lowest BCUT2D eigenvalue weighted by Crippen LogP contribution is -2.47. The number of rotatable bonds is 4. The zero-order chi connectivity index (χ0) is 19.0. The number of nitrogens with zero attached hydrogens (tertiary/aromatic N) is 1. The molecule has 4 rings (SSSR count). The average Bonchev–Trinajstić information content (AvgIpc) is 2.93. The van der Waals surface area contributed by atoms with E-state index in [1.807, 2.05) is 29.2 Å². The molecule has 2 fully saturated rings. The predicted octanol–water partition coefficient (Wildman–Crippen LogP) is 3.90. The van der Waals surface area contributed by atoms with Crippen LogP contribution in [0.25, 0.3) is 11.1 Å². The van der Waals surface area contributed by atoms with E-state index >= 15 is 0 Å². The molecule has 2 unspecified atom stereocenters. The van der Waals surface area contributed by atoms with E-state index in [9.17, 15) is 13.6 Å². The molecule has 1 aliphatic heterocycles. The first-order chi connectivity index (χ1) is 13.0. The smallest absolute Gasteiger partial charge is 0.225 e. The van der Waals surface area contributed by atoms with Crippen LogP contribution in [0, 0.1) is 17.6 Å². The normalized spacial score (nSPS) is 22.7. The summed E-state index contributed by atoms with van der Waals surface area (Å²) in [5.74, 6) is -0.780. The minimum Gasteiger partial charge on any atom is -0.338 e. The van der Waals surface area contributed by atoms with Crippen molar-refractivity contribution in [1.82, 2.24) is 4.90 Å². The number of carbonyl (C=O) groups excluding carboxylic acids is 1. The molecule has 2 aromatic carbocycles. The van der Waals surface area contributed by atoms with Crippen molar-refractivity contribution < 1.29 is 13.6 Å². The third-order valence-corrected chi connectivity index (χ3v) is 5.90. The summed E-state index contributed by atoms with van der Waals surface area (Å²) < 4.78 is 27.1. The standard InChI is InChI=1S/C22H24F2N2O/c23-18-11-17(12-19(24)13-18)16-6-1-3-14(9-16)10-21-20(25)7-8-26(21)22(27)15-4-2-5-15/h1,3,6,9,11-13,15,20-21H,2,4-5,7-8,10,25H2. The predicted molar refractivity (Wildman–Crippen MR) is 101 cm³/mol. The summed E-state index contributed by atoms with van der Waals surface area (Å²) >= 11 is 0. The summed E-state index contributed by atoms with van der Waals surface area (Å²) in [7, 11) is 0. The van der Waals surface area contributed by atoms with Gasteiger partial charge in [0.05, 0.1) is 6.04 Å².